The van der Waals surface area contributed by atoms with Crippen molar-refractivity contribution in [2.75, 3.05) is 6.98 Å². The predicted octanol–water partition coefficient (Wildman–Crippen LogP) is -1.67. The molecule has 25 heavy (non-hydrogen) atoms. The van der Waals surface area contributed by atoms with E-state index in [1.807, 2.05) is 0 Å². The third-order valence-corrected chi connectivity index (χ3v) is 4.57. The number of carbonyl (C=O) groups is 2. The van der Waals surface area contributed by atoms with E-state index in [0.29, 0.717) is 5.56 Å². The Bertz CT molecular complexity index is 775. The third-order valence-electron chi connectivity index (χ3n) is 4.57. The van der Waals surface area contributed by atoms with Gasteiger partial charge in [-0.15, -0.1) is 0 Å². The maximum Gasteiger partial charge on any atom is 0.335 e. The molecule has 3 rings (SSSR count). The van der Waals surface area contributed by atoms with E-state index in [4.69, 9.17) is 14.0 Å². The van der Waals surface area contributed by atoms with Gasteiger partial charge in [-0.2, -0.15) is 4.57 Å². The Labute approximate surface area is 147 Å². The van der Waals surface area contributed by atoms with Crippen LogP contribution in [0.1, 0.15) is 34.8 Å². The molecular weight excluding hydrogens is 332 g/mol. The van der Waals surface area contributed by atoms with Crippen LogP contribution in [0, 0.1) is 0 Å². The minimum absolute atomic E-state index is 0.0759. The normalized spacial score (nSPS) is 38.1. The van der Waals surface area contributed by atoms with Gasteiger partial charge in [-0.25, -0.2) is 4.79 Å². The van der Waals surface area contributed by atoms with Crippen molar-refractivity contribution in [1.29, 1.82) is 0 Å². The molecule has 0 bridgehead atoms. The van der Waals surface area contributed by atoms with Crippen LogP contribution in [-0.2, 0) is 14.3 Å². The number of nitrogens with zero attached hydrogens (tertiary/aromatic N) is 2. The van der Waals surface area contributed by atoms with Crippen molar-refractivity contribution in [3.05, 3.63) is 30.1 Å². The van der Waals surface area contributed by atoms with Crippen LogP contribution < -0.4 is 4.57 Å². The SMILES string of the molecule is [2H]C([2H])([2H])N1C(=O)CC[C@H]1c1ccc[n+]([C@@H]2O[C@H](C(=O)O)[C@@H](O)[C@H](O)[C@H]2O)c1. The Morgan fingerprint density at radius 3 is 2.80 bits per heavy atom. The van der Waals surface area contributed by atoms with Crippen molar-refractivity contribution < 1.29 is 43.4 Å². The lowest BCUT2D eigenvalue weighted by Gasteiger charge is -2.35. The molecule has 2 saturated heterocycles. The molecule has 0 radical (unpaired) electrons. The average Bonchev–Trinajstić information content (AvgIpc) is 3.01. The number of carboxylic acid groups (broad SMARTS) is 1. The number of hydrogen-bond donors (Lipinski definition) is 4. The van der Waals surface area contributed by atoms with Gasteiger partial charge in [0.25, 0.3) is 6.23 Å². The summed E-state index contributed by atoms with van der Waals surface area (Å²) in [6.07, 6.45) is -5.06. The molecule has 2 fully saturated rings. The van der Waals surface area contributed by atoms with Gasteiger partial charge in [-0.3, -0.25) is 4.79 Å². The molecule has 9 nitrogen and oxygen atoms in total. The number of ether oxygens (including phenoxy) is 1. The van der Waals surface area contributed by atoms with E-state index < -0.39 is 55.5 Å². The molecule has 9 heteroatoms. The van der Waals surface area contributed by atoms with Crippen LogP contribution in [0.3, 0.4) is 0 Å². The first-order chi connectivity index (χ1) is 13.0. The van der Waals surface area contributed by atoms with Crippen LogP contribution in [0.5, 0.6) is 0 Å². The molecule has 0 saturated carbocycles. The van der Waals surface area contributed by atoms with Crippen molar-refractivity contribution in [2.24, 2.45) is 0 Å². The van der Waals surface area contributed by atoms with Gasteiger partial charge in [-0.05, 0) is 12.5 Å². The Balaban J connectivity index is 1.93. The second kappa shape index (κ2) is 6.68. The molecule has 6 atom stereocenters. The summed E-state index contributed by atoms with van der Waals surface area (Å²) < 4.78 is 29.3. The Morgan fingerprint density at radius 1 is 1.36 bits per heavy atom. The largest absolute Gasteiger partial charge is 0.479 e. The average molecular weight is 356 g/mol. The van der Waals surface area contributed by atoms with E-state index in [2.05, 4.69) is 0 Å². The van der Waals surface area contributed by atoms with Crippen LogP contribution >= 0.6 is 0 Å². The van der Waals surface area contributed by atoms with E-state index >= 15 is 0 Å². The van der Waals surface area contributed by atoms with Crippen LogP contribution in [0.25, 0.3) is 0 Å². The number of rotatable bonds is 3. The van der Waals surface area contributed by atoms with Gasteiger partial charge in [-0.1, -0.05) is 0 Å². The fourth-order valence-corrected chi connectivity index (χ4v) is 3.18. The molecule has 0 aromatic carbocycles. The maximum absolute atomic E-state index is 12.0. The number of carbonyl (C=O) groups excluding carboxylic acids is 1. The first-order valence-corrected chi connectivity index (χ1v) is 7.77. The second-order valence-electron chi connectivity index (χ2n) is 6.16. The number of hydrogen-bond acceptors (Lipinski definition) is 6. The van der Waals surface area contributed by atoms with E-state index in [9.17, 15) is 24.9 Å². The second-order valence-corrected chi connectivity index (χ2v) is 6.16. The number of amides is 1. The van der Waals surface area contributed by atoms with Crippen LogP contribution in [0.4, 0.5) is 0 Å². The summed E-state index contributed by atoms with van der Waals surface area (Å²) in [5, 5.41) is 39.2. The summed E-state index contributed by atoms with van der Waals surface area (Å²) in [5.41, 5.74) is 0.452. The number of likely N-dealkylation sites (tertiary alicyclic amines) is 1. The minimum Gasteiger partial charge on any atom is -0.479 e. The zero-order valence-electron chi connectivity index (χ0n) is 16.1. The molecule has 136 valence electrons. The van der Waals surface area contributed by atoms with Gasteiger partial charge in [0.05, 0.1) is 6.04 Å². The summed E-state index contributed by atoms with van der Waals surface area (Å²) in [5.74, 6) is -2.01. The van der Waals surface area contributed by atoms with Crippen molar-refractivity contribution in [2.45, 2.75) is 49.5 Å². The van der Waals surface area contributed by atoms with E-state index in [1.165, 1.54) is 23.0 Å². The zero-order chi connectivity index (χ0) is 20.8. The highest BCUT2D eigenvalue weighted by atomic mass is 16.6. The van der Waals surface area contributed by atoms with Gasteiger partial charge in [0.2, 0.25) is 5.91 Å². The fourth-order valence-electron chi connectivity index (χ4n) is 3.18. The highest BCUT2D eigenvalue weighted by Gasteiger charge is 2.51. The standard InChI is InChI=1S/C16H20N2O7/c1-17-9(4-5-10(17)19)8-3-2-6-18(7-8)15-13(22)11(20)12(21)14(25-15)16(23)24/h2-3,6-7,9,11-15,20-22H,4-5H2,1H3/p+1/t9-,11-,12-,13+,14-,15+/m0/s1/i1D3. The van der Waals surface area contributed by atoms with E-state index in [-0.39, 0.29) is 12.8 Å². The lowest BCUT2D eigenvalue weighted by molar-refractivity contribution is -0.777. The van der Waals surface area contributed by atoms with Crippen LogP contribution in [0.2, 0.25) is 0 Å². The molecule has 1 amide bonds. The van der Waals surface area contributed by atoms with Crippen molar-refractivity contribution >= 4 is 11.9 Å². The Hall–Kier alpha value is -2.07. The summed E-state index contributed by atoms with van der Waals surface area (Å²) in [6, 6.07) is 2.41. The Kier molecular flexibility index (Phi) is 3.78. The summed E-state index contributed by atoms with van der Waals surface area (Å²) in [7, 11) is 0. The van der Waals surface area contributed by atoms with Gasteiger partial charge in [0, 0.05) is 29.1 Å². The number of carboxylic acids is 1. The number of pyridine rings is 1. The van der Waals surface area contributed by atoms with E-state index in [1.54, 1.807) is 6.07 Å². The maximum atomic E-state index is 12.0. The third kappa shape index (κ3) is 3.11. The molecule has 1 aromatic rings. The predicted molar refractivity (Wildman–Crippen MR) is 80.9 cm³/mol. The van der Waals surface area contributed by atoms with Crippen molar-refractivity contribution in [3.8, 4) is 0 Å². The highest BCUT2D eigenvalue weighted by molar-refractivity contribution is 5.78. The molecule has 3 heterocycles. The minimum atomic E-state index is -2.62. The molecular formula is C16H21N2O7+. The molecule has 0 aliphatic carbocycles. The van der Waals surface area contributed by atoms with Crippen LogP contribution in [0.15, 0.2) is 24.5 Å². The summed E-state index contributed by atoms with van der Waals surface area (Å²) in [6.45, 7) is -2.62. The van der Waals surface area contributed by atoms with Gasteiger partial charge in [0.15, 0.2) is 24.6 Å². The quantitative estimate of drug-likeness (QED) is 0.476. The number of aliphatic hydroxyl groups excluding tert-OH is 3. The number of aliphatic hydroxyl groups is 3. The number of aromatic nitrogens is 1. The summed E-state index contributed by atoms with van der Waals surface area (Å²) >= 11 is 0. The fraction of sp³-hybridized carbons (Fsp3) is 0.562. The number of aliphatic carboxylic acids is 1. The van der Waals surface area contributed by atoms with Gasteiger partial charge in [0.1, 0.15) is 12.2 Å². The molecule has 1 aromatic heterocycles. The van der Waals surface area contributed by atoms with Crippen molar-refractivity contribution in [3.63, 3.8) is 0 Å². The Morgan fingerprint density at radius 2 is 2.12 bits per heavy atom. The highest BCUT2D eigenvalue weighted by Crippen LogP contribution is 2.31. The lowest BCUT2D eigenvalue weighted by atomic mass is 9.97. The summed E-state index contributed by atoms with van der Waals surface area (Å²) in [4.78, 5) is 24.1. The van der Waals surface area contributed by atoms with Crippen LogP contribution in [-0.4, -0.2) is 68.6 Å². The molecule has 2 aliphatic rings. The molecule has 2 aliphatic heterocycles. The monoisotopic (exact) mass is 356 g/mol. The zero-order valence-corrected chi connectivity index (χ0v) is 13.1. The van der Waals surface area contributed by atoms with Gasteiger partial charge >= 0.3 is 5.97 Å². The first kappa shape index (κ1) is 14.1. The molecule has 4 N–H and O–H groups in total. The van der Waals surface area contributed by atoms with E-state index in [0.717, 1.165) is 4.90 Å². The molecule has 0 spiro atoms. The smallest absolute Gasteiger partial charge is 0.335 e. The van der Waals surface area contributed by atoms with Crippen molar-refractivity contribution in [1.82, 2.24) is 4.90 Å². The topological polar surface area (TPSA) is 131 Å². The van der Waals surface area contributed by atoms with Gasteiger partial charge < -0.3 is 30.1 Å². The molecule has 0 unspecified atom stereocenters. The lowest BCUT2D eigenvalue weighted by Crippen LogP contribution is -2.63. The first-order valence-electron chi connectivity index (χ1n) is 9.27.